The number of carbonyl (C=O) groups is 3. The normalized spacial score (nSPS) is 16.1. The van der Waals surface area contributed by atoms with Crippen LogP contribution in [0.1, 0.15) is 16.8 Å². The molecule has 0 radical (unpaired) electrons. The van der Waals surface area contributed by atoms with Gasteiger partial charge in [0.05, 0.1) is 10.8 Å². The molecule has 8 nitrogen and oxygen atoms in total. The van der Waals surface area contributed by atoms with Gasteiger partial charge in [0.2, 0.25) is 5.91 Å². The van der Waals surface area contributed by atoms with E-state index in [0.717, 1.165) is 0 Å². The van der Waals surface area contributed by atoms with Gasteiger partial charge in [0, 0.05) is 41.4 Å². The fourth-order valence-electron chi connectivity index (χ4n) is 2.87. The van der Waals surface area contributed by atoms with Crippen LogP contribution in [0.4, 0.5) is 11.4 Å². The molecule has 144 valence electrons. The molecular formula is C19H15ClN2O6. The van der Waals surface area contributed by atoms with Crippen LogP contribution in [0.2, 0.25) is 5.02 Å². The summed E-state index contributed by atoms with van der Waals surface area (Å²) in [6, 6.07) is 11.7. The fraction of sp³-hybridized carbons (Fsp3) is 0.211. The van der Waals surface area contributed by atoms with Crippen molar-refractivity contribution in [2.75, 3.05) is 18.1 Å². The summed E-state index contributed by atoms with van der Waals surface area (Å²) in [7, 11) is 0. The van der Waals surface area contributed by atoms with Crippen LogP contribution in [0.25, 0.3) is 0 Å². The van der Waals surface area contributed by atoms with E-state index in [9.17, 15) is 24.5 Å². The molecule has 0 N–H and O–H groups in total. The molecule has 1 saturated heterocycles. The standard InChI is InChI=1S/C19H15ClN2O6/c20-14-2-1-3-16(9-14)21-10-13(8-18(21)24)19(25)28-11-17(23)12-4-6-15(7-5-12)22(26)27/h1-7,9,13H,8,10-11H2/t13-/m1/s1. The predicted octanol–water partition coefficient (Wildman–Crippen LogP) is 3.03. The lowest BCUT2D eigenvalue weighted by Crippen LogP contribution is -2.27. The van der Waals surface area contributed by atoms with Crippen LogP contribution < -0.4 is 4.90 Å². The molecule has 2 aromatic carbocycles. The number of amides is 1. The Morgan fingerprint density at radius 1 is 1.21 bits per heavy atom. The number of esters is 1. The lowest BCUT2D eigenvalue weighted by molar-refractivity contribution is -0.384. The Morgan fingerprint density at radius 2 is 1.93 bits per heavy atom. The number of benzene rings is 2. The van der Waals surface area contributed by atoms with Crippen LogP contribution in [0.3, 0.4) is 0 Å². The third kappa shape index (κ3) is 4.34. The topological polar surface area (TPSA) is 107 Å². The molecule has 9 heteroatoms. The van der Waals surface area contributed by atoms with E-state index in [1.165, 1.54) is 29.2 Å². The summed E-state index contributed by atoms with van der Waals surface area (Å²) in [5.41, 5.74) is 0.648. The molecule has 0 bridgehead atoms. The Balaban J connectivity index is 1.57. The van der Waals surface area contributed by atoms with Gasteiger partial charge in [-0.15, -0.1) is 0 Å². The van der Waals surface area contributed by atoms with Gasteiger partial charge in [-0.2, -0.15) is 0 Å². The number of nitro benzene ring substituents is 1. The number of nitrogens with zero attached hydrogens (tertiary/aromatic N) is 2. The van der Waals surface area contributed by atoms with Gasteiger partial charge in [0.1, 0.15) is 0 Å². The first kappa shape index (κ1) is 19.5. The van der Waals surface area contributed by atoms with Crippen molar-refractivity contribution in [1.82, 2.24) is 0 Å². The zero-order valence-corrected chi connectivity index (χ0v) is 15.3. The molecule has 1 fully saturated rings. The number of ketones is 1. The molecule has 1 atom stereocenters. The summed E-state index contributed by atoms with van der Waals surface area (Å²) >= 11 is 5.94. The molecule has 28 heavy (non-hydrogen) atoms. The average molecular weight is 403 g/mol. The van der Waals surface area contributed by atoms with Crippen LogP contribution in [-0.2, 0) is 14.3 Å². The van der Waals surface area contributed by atoms with E-state index >= 15 is 0 Å². The van der Waals surface area contributed by atoms with Crippen LogP contribution in [0.5, 0.6) is 0 Å². The van der Waals surface area contributed by atoms with Crippen molar-refractivity contribution in [1.29, 1.82) is 0 Å². The number of rotatable bonds is 6. The number of anilines is 1. The number of hydrogen-bond donors (Lipinski definition) is 0. The van der Waals surface area contributed by atoms with Crippen LogP contribution >= 0.6 is 11.6 Å². The molecule has 3 rings (SSSR count). The van der Waals surface area contributed by atoms with E-state index in [2.05, 4.69) is 0 Å². The van der Waals surface area contributed by atoms with Gasteiger partial charge in [-0.3, -0.25) is 24.5 Å². The Bertz CT molecular complexity index is 944. The van der Waals surface area contributed by atoms with Crippen molar-refractivity contribution >= 4 is 40.6 Å². The third-order valence-electron chi connectivity index (χ3n) is 4.32. The minimum atomic E-state index is -0.684. The van der Waals surface area contributed by atoms with E-state index in [0.29, 0.717) is 10.7 Å². The Kier molecular flexibility index (Phi) is 5.70. The fourth-order valence-corrected chi connectivity index (χ4v) is 3.05. The van der Waals surface area contributed by atoms with E-state index < -0.39 is 29.2 Å². The van der Waals surface area contributed by atoms with E-state index in [-0.39, 0.29) is 30.1 Å². The quantitative estimate of drug-likeness (QED) is 0.318. The minimum absolute atomic E-state index is 0.0168. The van der Waals surface area contributed by atoms with Gasteiger partial charge >= 0.3 is 5.97 Å². The second kappa shape index (κ2) is 8.18. The lowest BCUT2D eigenvalue weighted by Gasteiger charge is -2.16. The number of ether oxygens (including phenoxy) is 1. The second-order valence-electron chi connectivity index (χ2n) is 6.22. The van der Waals surface area contributed by atoms with E-state index in [1.54, 1.807) is 24.3 Å². The monoisotopic (exact) mass is 402 g/mol. The Morgan fingerprint density at radius 3 is 2.57 bits per heavy atom. The SMILES string of the molecule is O=C(COC(=O)[C@@H]1CC(=O)N(c2cccc(Cl)c2)C1)c1ccc([N+](=O)[O-])cc1. The Hall–Kier alpha value is -3.26. The maximum atomic E-state index is 12.2. The van der Waals surface area contributed by atoms with E-state index in [1.807, 2.05) is 0 Å². The van der Waals surface area contributed by atoms with Crippen molar-refractivity contribution in [2.45, 2.75) is 6.42 Å². The minimum Gasteiger partial charge on any atom is -0.457 e. The maximum Gasteiger partial charge on any atom is 0.311 e. The highest BCUT2D eigenvalue weighted by atomic mass is 35.5. The molecule has 0 spiro atoms. The first-order chi connectivity index (χ1) is 13.3. The highest BCUT2D eigenvalue weighted by molar-refractivity contribution is 6.31. The molecule has 1 aliphatic heterocycles. The smallest absolute Gasteiger partial charge is 0.311 e. The number of hydrogen-bond acceptors (Lipinski definition) is 6. The Labute approximate surface area is 164 Å². The molecule has 2 aromatic rings. The number of non-ortho nitro benzene ring substituents is 1. The highest BCUT2D eigenvalue weighted by Crippen LogP contribution is 2.27. The summed E-state index contributed by atoms with van der Waals surface area (Å²) in [6.45, 7) is -0.359. The maximum absolute atomic E-state index is 12.2. The first-order valence-electron chi connectivity index (χ1n) is 8.35. The molecule has 0 aliphatic carbocycles. The summed E-state index contributed by atoms with van der Waals surface area (Å²) in [5.74, 6) is -2.05. The summed E-state index contributed by atoms with van der Waals surface area (Å²) in [6.07, 6.45) is -0.0168. The van der Waals surface area contributed by atoms with Crippen molar-refractivity contribution in [3.8, 4) is 0 Å². The first-order valence-corrected chi connectivity index (χ1v) is 8.73. The van der Waals surface area contributed by atoms with Crippen LogP contribution in [0.15, 0.2) is 48.5 Å². The highest BCUT2D eigenvalue weighted by Gasteiger charge is 2.36. The molecule has 1 heterocycles. The van der Waals surface area contributed by atoms with Crippen molar-refractivity contribution in [3.63, 3.8) is 0 Å². The second-order valence-corrected chi connectivity index (χ2v) is 6.66. The number of Topliss-reactive ketones (excluding diaryl/α,β-unsaturated/α-hetero) is 1. The molecule has 0 unspecified atom stereocenters. The molecular weight excluding hydrogens is 388 g/mol. The molecule has 1 amide bonds. The average Bonchev–Trinajstić information content (AvgIpc) is 3.07. The summed E-state index contributed by atoms with van der Waals surface area (Å²) < 4.78 is 5.05. The molecule has 1 aliphatic rings. The summed E-state index contributed by atoms with van der Waals surface area (Å²) in [4.78, 5) is 48.1. The van der Waals surface area contributed by atoms with Crippen molar-refractivity contribution < 1.29 is 24.0 Å². The van der Waals surface area contributed by atoms with Crippen molar-refractivity contribution in [2.24, 2.45) is 5.92 Å². The number of halogens is 1. The lowest BCUT2D eigenvalue weighted by atomic mass is 10.1. The van der Waals surface area contributed by atoms with Crippen LogP contribution in [0, 0.1) is 16.0 Å². The van der Waals surface area contributed by atoms with Gasteiger partial charge in [-0.1, -0.05) is 17.7 Å². The van der Waals surface area contributed by atoms with Crippen LogP contribution in [-0.4, -0.2) is 35.7 Å². The van der Waals surface area contributed by atoms with E-state index in [4.69, 9.17) is 16.3 Å². The predicted molar refractivity (Wildman–Crippen MR) is 100 cm³/mol. The van der Waals surface area contributed by atoms with Gasteiger partial charge in [0.25, 0.3) is 5.69 Å². The summed E-state index contributed by atoms with van der Waals surface area (Å²) in [5, 5.41) is 11.1. The van der Waals surface area contributed by atoms with Gasteiger partial charge < -0.3 is 9.64 Å². The van der Waals surface area contributed by atoms with Gasteiger partial charge in [-0.05, 0) is 30.3 Å². The van der Waals surface area contributed by atoms with Crippen molar-refractivity contribution in [3.05, 3.63) is 69.2 Å². The van der Waals surface area contributed by atoms with Gasteiger partial charge in [-0.25, -0.2) is 0 Å². The molecule has 0 saturated carbocycles. The zero-order valence-electron chi connectivity index (χ0n) is 14.5. The zero-order chi connectivity index (χ0) is 20.3. The largest absolute Gasteiger partial charge is 0.457 e. The number of carbonyl (C=O) groups excluding carboxylic acids is 3. The third-order valence-corrected chi connectivity index (χ3v) is 4.56. The number of nitro groups is 1. The molecule has 0 aromatic heterocycles. The van der Waals surface area contributed by atoms with Gasteiger partial charge in [0.15, 0.2) is 12.4 Å².